The smallest absolute Gasteiger partial charge is 0.262 e. The second-order valence-electron chi connectivity index (χ2n) is 6.98. The number of rotatable bonds is 6. The van der Waals surface area contributed by atoms with Crippen LogP contribution in [-0.4, -0.2) is 33.4 Å². The van der Waals surface area contributed by atoms with Crippen molar-refractivity contribution in [3.63, 3.8) is 0 Å². The van der Waals surface area contributed by atoms with Crippen molar-refractivity contribution >= 4 is 29.0 Å². The SMILES string of the molecule is CCN(CC)C(=O)c1ccc2c(=O)n(CCC3=CCCCC3)c(=S)[nH]c2c1. The number of aromatic nitrogens is 2. The zero-order chi connectivity index (χ0) is 19.4. The molecule has 2 aromatic rings. The molecule has 0 fully saturated rings. The summed E-state index contributed by atoms with van der Waals surface area (Å²) >= 11 is 5.43. The van der Waals surface area contributed by atoms with Gasteiger partial charge in [0.15, 0.2) is 4.77 Å². The molecular formula is C21H27N3O2S. The van der Waals surface area contributed by atoms with Crippen LogP contribution in [0.15, 0.2) is 34.6 Å². The maximum Gasteiger partial charge on any atom is 0.262 e. The summed E-state index contributed by atoms with van der Waals surface area (Å²) in [6, 6.07) is 5.20. The normalized spacial score (nSPS) is 14.2. The quantitative estimate of drug-likeness (QED) is 0.591. The van der Waals surface area contributed by atoms with Crippen LogP contribution in [0.4, 0.5) is 0 Å². The van der Waals surface area contributed by atoms with Crippen LogP contribution >= 0.6 is 12.2 Å². The molecule has 1 heterocycles. The van der Waals surface area contributed by atoms with Crippen LogP contribution in [0.25, 0.3) is 10.9 Å². The number of H-pyrrole nitrogens is 1. The van der Waals surface area contributed by atoms with E-state index in [4.69, 9.17) is 12.2 Å². The van der Waals surface area contributed by atoms with Gasteiger partial charge in [-0.05, 0) is 76.4 Å². The molecule has 1 aliphatic carbocycles. The molecule has 3 rings (SSSR count). The Morgan fingerprint density at radius 2 is 2.04 bits per heavy atom. The van der Waals surface area contributed by atoms with Crippen molar-refractivity contribution in [2.24, 2.45) is 0 Å². The lowest BCUT2D eigenvalue weighted by Gasteiger charge is -2.19. The topological polar surface area (TPSA) is 58.1 Å². The van der Waals surface area contributed by atoms with Gasteiger partial charge in [0, 0.05) is 25.2 Å². The minimum absolute atomic E-state index is 0.0327. The van der Waals surface area contributed by atoms with Crippen LogP contribution in [0.5, 0.6) is 0 Å². The van der Waals surface area contributed by atoms with Crippen molar-refractivity contribution in [3.05, 3.63) is 50.5 Å². The molecule has 0 saturated heterocycles. The van der Waals surface area contributed by atoms with Crippen LogP contribution in [0.1, 0.15) is 56.3 Å². The number of nitrogens with one attached hydrogen (secondary N) is 1. The fourth-order valence-electron chi connectivity index (χ4n) is 3.67. The molecule has 0 saturated carbocycles. The minimum Gasteiger partial charge on any atom is -0.339 e. The molecule has 1 N–H and O–H groups in total. The van der Waals surface area contributed by atoms with E-state index < -0.39 is 0 Å². The van der Waals surface area contributed by atoms with E-state index in [0.717, 1.165) is 19.3 Å². The van der Waals surface area contributed by atoms with E-state index in [1.54, 1.807) is 27.7 Å². The molecule has 0 unspecified atom stereocenters. The molecule has 1 aromatic carbocycles. The van der Waals surface area contributed by atoms with Gasteiger partial charge in [-0.2, -0.15) is 0 Å². The number of carbonyl (C=O) groups excluding carboxylic acids is 1. The van der Waals surface area contributed by atoms with Crippen LogP contribution in [0, 0.1) is 4.77 Å². The zero-order valence-corrected chi connectivity index (χ0v) is 16.9. The Morgan fingerprint density at radius 3 is 2.70 bits per heavy atom. The molecule has 27 heavy (non-hydrogen) atoms. The van der Waals surface area contributed by atoms with Crippen molar-refractivity contribution in [2.45, 2.75) is 52.5 Å². The molecule has 1 aromatic heterocycles. The summed E-state index contributed by atoms with van der Waals surface area (Å²) in [4.78, 5) is 30.4. The Morgan fingerprint density at radius 1 is 1.26 bits per heavy atom. The van der Waals surface area contributed by atoms with E-state index in [9.17, 15) is 9.59 Å². The number of aromatic amines is 1. The highest BCUT2D eigenvalue weighted by atomic mass is 32.1. The number of amides is 1. The van der Waals surface area contributed by atoms with Gasteiger partial charge in [-0.1, -0.05) is 11.6 Å². The lowest BCUT2D eigenvalue weighted by atomic mass is 9.97. The number of fused-ring (bicyclic) bond motifs is 1. The number of benzene rings is 1. The molecule has 0 radical (unpaired) electrons. The Hall–Kier alpha value is -2.21. The summed E-state index contributed by atoms with van der Waals surface area (Å²) in [5.41, 5.74) is 2.52. The number of allylic oxidation sites excluding steroid dienone is 2. The standard InChI is InChI=1S/C21H27N3O2S/c1-3-23(4-2)19(25)16-10-11-17-18(14-16)22-21(27)24(20(17)26)13-12-15-8-6-5-7-9-15/h8,10-11,14H,3-7,9,12-13H2,1-2H3,(H,22,27). The summed E-state index contributed by atoms with van der Waals surface area (Å²) in [6.45, 7) is 5.81. The van der Waals surface area contributed by atoms with Gasteiger partial charge in [-0.15, -0.1) is 0 Å². The Bertz CT molecular complexity index is 983. The third-order valence-electron chi connectivity index (χ3n) is 5.32. The maximum atomic E-state index is 12.9. The molecule has 0 aliphatic heterocycles. The van der Waals surface area contributed by atoms with Crippen molar-refractivity contribution in [1.29, 1.82) is 0 Å². The highest BCUT2D eigenvalue weighted by Crippen LogP contribution is 2.20. The van der Waals surface area contributed by atoms with Gasteiger partial charge in [-0.3, -0.25) is 14.2 Å². The average molecular weight is 386 g/mol. The summed E-state index contributed by atoms with van der Waals surface area (Å²) in [6.07, 6.45) is 7.91. The van der Waals surface area contributed by atoms with Gasteiger partial charge in [0.25, 0.3) is 11.5 Å². The van der Waals surface area contributed by atoms with Crippen molar-refractivity contribution in [2.75, 3.05) is 13.1 Å². The molecule has 1 aliphatic rings. The number of hydrogen-bond acceptors (Lipinski definition) is 3. The predicted octanol–water partition coefficient (Wildman–Crippen LogP) is 4.43. The average Bonchev–Trinajstić information content (AvgIpc) is 2.69. The molecule has 0 atom stereocenters. The van der Waals surface area contributed by atoms with E-state index in [-0.39, 0.29) is 11.5 Å². The zero-order valence-electron chi connectivity index (χ0n) is 16.1. The van der Waals surface area contributed by atoms with E-state index in [2.05, 4.69) is 11.1 Å². The van der Waals surface area contributed by atoms with Crippen LogP contribution < -0.4 is 5.56 Å². The van der Waals surface area contributed by atoms with Gasteiger partial charge >= 0.3 is 0 Å². The summed E-state index contributed by atoms with van der Waals surface area (Å²) in [5.74, 6) is -0.0327. The fourth-order valence-corrected chi connectivity index (χ4v) is 3.96. The van der Waals surface area contributed by atoms with E-state index >= 15 is 0 Å². The molecule has 5 nitrogen and oxygen atoms in total. The largest absolute Gasteiger partial charge is 0.339 e. The molecule has 144 valence electrons. The molecule has 0 spiro atoms. The number of carbonyl (C=O) groups is 1. The summed E-state index contributed by atoms with van der Waals surface area (Å²) in [7, 11) is 0. The number of hydrogen-bond donors (Lipinski definition) is 1. The predicted molar refractivity (Wildman–Crippen MR) is 112 cm³/mol. The fraction of sp³-hybridized carbons (Fsp3) is 0.476. The van der Waals surface area contributed by atoms with Gasteiger partial charge in [0.05, 0.1) is 10.9 Å². The second kappa shape index (κ2) is 8.65. The van der Waals surface area contributed by atoms with Crippen molar-refractivity contribution in [3.8, 4) is 0 Å². The molecule has 0 bridgehead atoms. The van der Waals surface area contributed by atoms with E-state index in [1.807, 2.05) is 13.8 Å². The first-order chi connectivity index (χ1) is 13.0. The molecule has 6 heteroatoms. The first-order valence-corrected chi connectivity index (χ1v) is 10.2. The first-order valence-electron chi connectivity index (χ1n) is 9.79. The highest BCUT2D eigenvalue weighted by molar-refractivity contribution is 7.71. The third kappa shape index (κ3) is 4.21. The Labute approximate surface area is 164 Å². The molecular weight excluding hydrogens is 358 g/mol. The Kier molecular flexibility index (Phi) is 6.26. The van der Waals surface area contributed by atoms with Gasteiger partial charge < -0.3 is 9.88 Å². The first kappa shape index (κ1) is 19.5. The van der Waals surface area contributed by atoms with Gasteiger partial charge in [-0.25, -0.2) is 0 Å². The van der Waals surface area contributed by atoms with Crippen LogP contribution in [0.2, 0.25) is 0 Å². The lowest BCUT2D eigenvalue weighted by Crippen LogP contribution is -2.30. The van der Waals surface area contributed by atoms with Crippen molar-refractivity contribution < 1.29 is 4.79 Å². The summed E-state index contributed by atoms with van der Waals surface area (Å²) in [5, 5.41) is 0.567. The minimum atomic E-state index is -0.0907. The van der Waals surface area contributed by atoms with Crippen LogP contribution in [-0.2, 0) is 6.54 Å². The Balaban J connectivity index is 1.92. The van der Waals surface area contributed by atoms with Crippen molar-refractivity contribution in [1.82, 2.24) is 14.5 Å². The van der Waals surface area contributed by atoms with Crippen LogP contribution in [0.3, 0.4) is 0 Å². The highest BCUT2D eigenvalue weighted by Gasteiger charge is 2.14. The van der Waals surface area contributed by atoms with Gasteiger partial charge in [0.2, 0.25) is 0 Å². The number of nitrogens with zero attached hydrogens (tertiary/aromatic N) is 2. The maximum absolute atomic E-state index is 12.9. The van der Waals surface area contributed by atoms with Gasteiger partial charge in [0.1, 0.15) is 0 Å². The lowest BCUT2D eigenvalue weighted by molar-refractivity contribution is 0.0773. The summed E-state index contributed by atoms with van der Waals surface area (Å²) < 4.78 is 2.05. The van der Waals surface area contributed by atoms with E-state index in [0.29, 0.717) is 40.9 Å². The van der Waals surface area contributed by atoms with E-state index in [1.165, 1.54) is 18.4 Å². The third-order valence-corrected chi connectivity index (χ3v) is 5.64. The second-order valence-corrected chi connectivity index (χ2v) is 7.37. The molecule has 1 amide bonds. The monoisotopic (exact) mass is 385 g/mol.